The average molecular weight is 227 g/mol. The summed E-state index contributed by atoms with van der Waals surface area (Å²) in [5, 5.41) is 11.1. The Morgan fingerprint density at radius 3 is 2.59 bits per heavy atom. The molecule has 0 aliphatic heterocycles. The van der Waals surface area contributed by atoms with Crippen molar-refractivity contribution in [2.75, 3.05) is 18.1 Å². The van der Waals surface area contributed by atoms with Crippen molar-refractivity contribution in [1.29, 1.82) is 5.41 Å². The third-order valence-corrected chi connectivity index (χ3v) is 2.43. The third kappa shape index (κ3) is 2.08. The van der Waals surface area contributed by atoms with E-state index < -0.39 is 0 Å². The lowest BCUT2D eigenvalue weighted by molar-refractivity contribution is 1.15. The van der Waals surface area contributed by atoms with E-state index in [1.54, 1.807) is 7.05 Å². The SMILES string of the molecule is CNc1ncnc(N)c1C(=N)c1ccccc1. The summed E-state index contributed by atoms with van der Waals surface area (Å²) in [5.41, 5.74) is 7.43. The van der Waals surface area contributed by atoms with Crippen LogP contribution in [0.4, 0.5) is 11.6 Å². The lowest BCUT2D eigenvalue weighted by Crippen LogP contribution is -2.11. The van der Waals surface area contributed by atoms with Crippen LogP contribution in [-0.2, 0) is 0 Å². The molecule has 5 heteroatoms. The number of nitrogen functional groups attached to an aromatic ring is 1. The number of nitrogens with zero attached hydrogens (tertiary/aromatic N) is 2. The second kappa shape index (κ2) is 4.61. The van der Waals surface area contributed by atoms with E-state index in [-0.39, 0.29) is 0 Å². The molecule has 1 aromatic heterocycles. The van der Waals surface area contributed by atoms with Crippen LogP contribution in [0.25, 0.3) is 0 Å². The van der Waals surface area contributed by atoms with Gasteiger partial charge < -0.3 is 11.1 Å². The van der Waals surface area contributed by atoms with E-state index in [4.69, 9.17) is 11.1 Å². The van der Waals surface area contributed by atoms with Crippen molar-refractivity contribution in [3.05, 3.63) is 47.8 Å². The molecule has 0 aliphatic rings. The molecule has 0 atom stereocenters. The van der Waals surface area contributed by atoms with Crippen LogP contribution in [0, 0.1) is 5.41 Å². The molecule has 0 saturated carbocycles. The van der Waals surface area contributed by atoms with Gasteiger partial charge in [-0.05, 0) is 0 Å². The van der Waals surface area contributed by atoms with Crippen LogP contribution in [0.1, 0.15) is 11.1 Å². The molecule has 0 amide bonds. The van der Waals surface area contributed by atoms with E-state index in [0.717, 1.165) is 5.56 Å². The highest BCUT2D eigenvalue weighted by Gasteiger charge is 2.14. The molecule has 17 heavy (non-hydrogen) atoms. The number of anilines is 2. The normalized spacial score (nSPS) is 9.94. The van der Waals surface area contributed by atoms with Gasteiger partial charge in [0.25, 0.3) is 0 Å². The van der Waals surface area contributed by atoms with Crippen molar-refractivity contribution in [3.63, 3.8) is 0 Å². The number of hydrogen-bond acceptors (Lipinski definition) is 5. The summed E-state index contributed by atoms with van der Waals surface area (Å²) >= 11 is 0. The van der Waals surface area contributed by atoms with Gasteiger partial charge >= 0.3 is 0 Å². The standard InChI is InChI=1S/C12H13N5/c1-15-12-9(11(14)16-7-17-12)10(13)8-5-3-2-4-6-8/h2-7,13H,1H3,(H3,14,15,16,17). The molecule has 0 unspecified atom stereocenters. The van der Waals surface area contributed by atoms with Gasteiger partial charge in [0.1, 0.15) is 18.0 Å². The fraction of sp³-hybridized carbons (Fsp3) is 0.0833. The largest absolute Gasteiger partial charge is 0.383 e. The summed E-state index contributed by atoms with van der Waals surface area (Å²) in [6.45, 7) is 0. The molecular formula is C12H13N5. The van der Waals surface area contributed by atoms with Gasteiger partial charge in [-0.3, -0.25) is 5.41 Å². The van der Waals surface area contributed by atoms with Gasteiger partial charge in [0.2, 0.25) is 0 Å². The minimum Gasteiger partial charge on any atom is -0.383 e. The fourth-order valence-corrected chi connectivity index (χ4v) is 1.58. The molecule has 86 valence electrons. The molecule has 1 heterocycles. The van der Waals surface area contributed by atoms with Crippen molar-refractivity contribution < 1.29 is 0 Å². The van der Waals surface area contributed by atoms with E-state index in [0.29, 0.717) is 22.9 Å². The van der Waals surface area contributed by atoms with Gasteiger partial charge in [0.05, 0.1) is 11.3 Å². The molecule has 0 saturated heterocycles. The van der Waals surface area contributed by atoms with E-state index in [9.17, 15) is 0 Å². The number of benzene rings is 1. The maximum Gasteiger partial charge on any atom is 0.140 e. The molecule has 1 aromatic carbocycles. The Balaban J connectivity index is 2.51. The second-order valence-electron chi connectivity index (χ2n) is 3.47. The van der Waals surface area contributed by atoms with Crippen LogP contribution in [0.3, 0.4) is 0 Å². The minimum atomic E-state index is 0.304. The van der Waals surface area contributed by atoms with E-state index >= 15 is 0 Å². The summed E-state index contributed by atoms with van der Waals surface area (Å²) in [7, 11) is 1.74. The highest BCUT2D eigenvalue weighted by Crippen LogP contribution is 2.20. The quantitative estimate of drug-likeness (QED) is 0.694. The second-order valence-corrected chi connectivity index (χ2v) is 3.47. The Hall–Kier alpha value is -2.43. The highest BCUT2D eigenvalue weighted by molar-refractivity contribution is 6.16. The van der Waals surface area contributed by atoms with Crippen molar-refractivity contribution in [1.82, 2.24) is 9.97 Å². The molecule has 0 fully saturated rings. The molecule has 0 aliphatic carbocycles. The monoisotopic (exact) mass is 227 g/mol. The molecule has 0 radical (unpaired) electrons. The first-order chi connectivity index (χ1) is 8.24. The van der Waals surface area contributed by atoms with E-state index in [1.807, 2.05) is 30.3 Å². The van der Waals surface area contributed by atoms with Crippen molar-refractivity contribution in [3.8, 4) is 0 Å². The number of nitrogens with one attached hydrogen (secondary N) is 2. The Labute approximate surface area is 99.2 Å². The number of hydrogen-bond donors (Lipinski definition) is 3. The minimum absolute atomic E-state index is 0.304. The summed E-state index contributed by atoms with van der Waals surface area (Å²) in [6, 6.07) is 9.37. The van der Waals surface area contributed by atoms with Gasteiger partial charge in [0, 0.05) is 12.6 Å². The Morgan fingerprint density at radius 1 is 1.24 bits per heavy atom. The Bertz CT molecular complexity index is 536. The molecule has 2 aromatic rings. The zero-order valence-electron chi connectivity index (χ0n) is 9.44. The number of nitrogens with two attached hydrogens (primary N) is 1. The molecule has 0 spiro atoms. The van der Waals surface area contributed by atoms with Crippen molar-refractivity contribution in [2.45, 2.75) is 0 Å². The Kier molecular flexibility index (Phi) is 3.00. The summed E-state index contributed by atoms with van der Waals surface area (Å²) in [4.78, 5) is 7.98. The predicted octanol–water partition coefficient (Wildman–Crippen LogP) is 1.52. The molecule has 0 bridgehead atoms. The van der Waals surface area contributed by atoms with E-state index in [2.05, 4.69) is 15.3 Å². The van der Waals surface area contributed by atoms with Crippen molar-refractivity contribution >= 4 is 17.3 Å². The zero-order valence-corrected chi connectivity index (χ0v) is 9.44. The smallest absolute Gasteiger partial charge is 0.140 e. The van der Waals surface area contributed by atoms with Gasteiger partial charge in [-0.15, -0.1) is 0 Å². The number of aromatic nitrogens is 2. The lowest BCUT2D eigenvalue weighted by atomic mass is 10.0. The summed E-state index contributed by atoms with van der Waals surface area (Å²) < 4.78 is 0. The number of rotatable bonds is 3. The first kappa shape index (κ1) is 11.1. The maximum atomic E-state index is 8.16. The topological polar surface area (TPSA) is 87.7 Å². The van der Waals surface area contributed by atoms with Crippen molar-refractivity contribution in [2.24, 2.45) is 0 Å². The summed E-state index contributed by atoms with van der Waals surface area (Å²) in [5.74, 6) is 0.865. The van der Waals surface area contributed by atoms with Gasteiger partial charge in [-0.2, -0.15) is 0 Å². The predicted molar refractivity (Wildman–Crippen MR) is 68.4 cm³/mol. The van der Waals surface area contributed by atoms with Crippen LogP contribution in [0.5, 0.6) is 0 Å². The molecule has 4 N–H and O–H groups in total. The van der Waals surface area contributed by atoms with Crippen LogP contribution in [-0.4, -0.2) is 22.7 Å². The van der Waals surface area contributed by atoms with Crippen LogP contribution >= 0.6 is 0 Å². The van der Waals surface area contributed by atoms with Gasteiger partial charge in [-0.25, -0.2) is 9.97 Å². The zero-order chi connectivity index (χ0) is 12.3. The lowest BCUT2D eigenvalue weighted by Gasteiger charge is -2.11. The van der Waals surface area contributed by atoms with Gasteiger partial charge in [-0.1, -0.05) is 30.3 Å². The molecular weight excluding hydrogens is 214 g/mol. The van der Waals surface area contributed by atoms with Gasteiger partial charge in [0.15, 0.2) is 0 Å². The molecule has 5 nitrogen and oxygen atoms in total. The average Bonchev–Trinajstić information content (AvgIpc) is 2.38. The van der Waals surface area contributed by atoms with Crippen LogP contribution in [0.2, 0.25) is 0 Å². The summed E-state index contributed by atoms with van der Waals surface area (Å²) in [6.07, 6.45) is 1.38. The fourth-order valence-electron chi connectivity index (χ4n) is 1.58. The van der Waals surface area contributed by atoms with E-state index in [1.165, 1.54) is 6.33 Å². The maximum absolute atomic E-state index is 8.16. The van der Waals surface area contributed by atoms with Crippen LogP contribution < -0.4 is 11.1 Å². The Morgan fingerprint density at radius 2 is 1.94 bits per heavy atom. The molecule has 2 rings (SSSR count). The first-order valence-electron chi connectivity index (χ1n) is 5.16. The third-order valence-electron chi connectivity index (χ3n) is 2.43. The first-order valence-corrected chi connectivity index (χ1v) is 5.16. The highest BCUT2D eigenvalue weighted by atomic mass is 15.0. The van der Waals surface area contributed by atoms with Crippen LogP contribution in [0.15, 0.2) is 36.7 Å².